The lowest BCUT2D eigenvalue weighted by molar-refractivity contribution is -0.0923. The Bertz CT molecular complexity index is 444. The zero-order chi connectivity index (χ0) is 12.8. The first-order chi connectivity index (χ1) is 8.63. The van der Waals surface area contributed by atoms with Gasteiger partial charge in [0.25, 0.3) is 0 Å². The predicted molar refractivity (Wildman–Crippen MR) is 72.0 cm³/mol. The van der Waals surface area contributed by atoms with Crippen LogP contribution >= 0.6 is 0 Å². The molecule has 2 fully saturated rings. The van der Waals surface area contributed by atoms with Crippen LogP contribution in [0, 0.1) is 11.3 Å². The monoisotopic (exact) mass is 247 g/mol. The summed E-state index contributed by atoms with van der Waals surface area (Å²) in [5, 5.41) is 3.65. The van der Waals surface area contributed by atoms with Gasteiger partial charge in [0.2, 0.25) is 0 Å². The first kappa shape index (κ1) is 11.8. The zero-order valence-corrected chi connectivity index (χ0v) is 11.3. The maximum atomic E-state index is 5.82. The van der Waals surface area contributed by atoms with Crippen molar-refractivity contribution in [1.82, 2.24) is 0 Å². The summed E-state index contributed by atoms with van der Waals surface area (Å²) in [4.78, 5) is 0. The molecule has 3 heteroatoms. The molecule has 1 aromatic carbocycles. The Hall–Kier alpha value is -1.22. The van der Waals surface area contributed by atoms with Crippen LogP contribution < -0.4 is 10.1 Å². The molecule has 1 aliphatic heterocycles. The van der Waals surface area contributed by atoms with Gasteiger partial charge in [-0.3, -0.25) is 0 Å². The van der Waals surface area contributed by atoms with Gasteiger partial charge in [-0.25, -0.2) is 0 Å². The van der Waals surface area contributed by atoms with Gasteiger partial charge in [-0.15, -0.1) is 0 Å². The van der Waals surface area contributed by atoms with Crippen LogP contribution in [0.25, 0.3) is 0 Å². The summed E-state index contributed by atoms with van der Waals surface area (Å²) in [7, 11) is 1.70. The van der Waals surface area contributed by atoms with Gasteiger partial charge >= 0.3 is 0 Å². The third-order valence-corrected chi connectivity index (χ3v) is 4.49. The fourth-order valence-electron chi connectivity index (χ4n) is 3.51. The van der Waals surface area contributed by atoms with Gasteiger partial charge < -0.3 is 14.8 Å². The lowest BCUT2D eigenvalue weighted by Crippen LogP contribution is -2.63. The lowest BCUT2D eigenvalue weighted by Gasteiger charge is -2.55. The normalized spacial score (nSPS) is 32.5. The van der Waals surface area contributed by atoms with Gasteiger partial charge in [0.15, 0.2) is 0 Å². The molecule has 0 spiro atoms. The van der Waals surface area contributed by atoms with Crippen molar-refractivity contribution >= 4 is 5.69 Å². The standard InChI is InChI=1S/C15H21NO2/c1-15(2)13(12-7-8-18-14(12)15)16-10-5-4-6-11(9-10)17-3/h4-6,9,12-14,16H,7-8H2,1-3H3. The summed E-state index contributed by atoms with van der Waals surface area (Å²) >= 11 is 0. The third kappa shape index (κ3) is 1.69. The van der Waals surface area contributed by atoms with Gasteiger partial charge in [-0.2, -0.15) is 0 Å². The highest BCUT2D eigenvalue weighted by Crippen LogP contribution is 2.53. The van der Waals surface area contributed by atoms with E-state index >= 15 is 0 Å². The van der Waals surface area contributed by atoms with E-state index in [4.69, 9.17) is 9.47 Å². The Labute approximate surface area is 108 Å². The molecular formula is C15H21NO2. The molecule has 3 nitrogen and oxygen atoms in total. The minimum Gasteiger partial charge on any atom is -0.497 e. The molecule has 1 aliphatic carbocycles. The van der Waals surface area contributed by atoms with Crippen molar-refractivity contribution < 1.29 is 9.47 Å². The second kappa shape index (κ2) is 4.16. The van der Waals surface area contributed by atoms with Crippen molar-refractivity contribution in [3.8, 4) is 5.75 Å². The first-order valence-corrected chi connectivity index (χ1v) is 6.65. The molecule has 1 N–H and O–H groups in total. The molecule has 3 rings (SSSR count). The Kier molecular flexibility index (Phi) is 2.74. The average molecular weight is 247 g/mol. The Morgan fingerprint density at radius 3 is 3.00 bits per heavy atom. The summed E-state index contributed by atoms with van der Waals surface area (Å²) < 4.78 is 11.1. The summed E-state index contributed by atoms with van der Waals surface area (Å²) in [6, 6.07) is 8.65. The molecule has 18 heavy (non-hydrogen) atoms. The summed E-state index contributed by atoms with van der Waals surface area (Å²) in [6.45, 7) is 5.49. The topological polar surface area (TPSA) is 30.5 Å². The molecule has 0 radical (unpaired) electrons. The summed E-state index contributed by atoms with van der Waals surface area (Å²) in [6.07, 6.45) is 1.61. The third-order valence-electron chi connectivity index (χ3n) is 4.49. The van der Waals surface area contributed by atoms with E-state index in [2.05, 4.69) is 31.3 Å². The summed E-state index contributed by atoms with van der Waals surface area (Å²) in [5.41, 5.74) is 1.35. The van der Waals surface area contributed by atoms with Crippen molar-refractivity contribution in [2.24, 2.45) is 11.3 Å². The van der Waals surface area contributed by atoms with Crippen molar-refractivity contribution in [3.05, 3.63) is 24.3 Å². The molecule has 1 saturated carbocycles. The van der Waals surface area contributed by atoms with Gasteiger partial charge in [-0.1, -0.05) is 19.9 Å². The van der Waals surface area contributed by atoms with E-state index in [0.717, 1.165) is 18.0 Å². The number of anilines is 1. The minimum atomic E-state index is 0.213. The number of fused-ring (bicyclic) bond motifs is 1. The molecular weight excluding hydrogens is 226 g/mol. The quantitative estimate of drug-likeness (QED) is 0.891. The first-order valence-electron chi connectivity index (χ1n) is 6.65. The fraction of sp³-hybridized carbons (Fsp3) is 0.600. The van der Waals surface area contributed by atoms with Crippen molar-refractivity contribution in [3.63, 3.8) is 0 Å². The van der Waals surface area contributed by atoms with Gasteiger partial charge in [0.1, 0.15) is 5.75 Å². The van der Waals surface area contributed by atoms with Crippen molar-refractivity contribution in [1.29, 1.82) is 0 Å². The Morgan fingerprint density at radius 2 is 2.22 bits per heavy atom. The molecule has 3 unspecified atom stereocenters. The SMILES string of the molecule is COc1cccc(NC2C3CCOC3C2(C)C)c1. The molecule has 0 aromatic heterocycles. The highest BCUT2D eigenvalue weighted by molar-refractivity contribution is 5.50. The van der Waals surface area contributed by atoms with E-state index in [9.17, 15) is 0 Å². The number of hydrogen-bond donors (Lipinski definition) is 1. The molecule has 3 atom stereocenters. The second-order valence-electron chi connectivity index (χ2n) is 5.92. The van der Waals surface area contributed by atoms with E-state index in [-0.39, 0.29) is 5.41 Å². The molecule has 1 aromatic rings. The zero-order valence-electron chi connectivity index (χ0n) is 11.3. The van der Waals surface area contributed by atoms with E-state index in [1.54, 1.807) is 7.11 Å². The fourth-order valence-corrected chi connectivity index (χ4v) is 3.51. The number of rotatable bonds is 3. The Balaban J connectivity index is 1.76. The minimum absolute atomic E-state index is 0.213. The molecule has 1 heterocycles. The largest absolute Gasteiger partial charge is 0.497 e. The predicted octanol–water partition coefficient (Wildman–Crippen LogP) is 2.92. The van der Waals surface area contributed by atoms with E-state index in [0.29, 0.717) is 18.1 Å². The Morgan fingerprint density at radius 1 is 1.39 bits per heavy atom. The highest BCUT2D eigenvalue weighted by atomic mass is 16.5. The van der Waals surface area contributed by atoms with Crippen LogP contribution in [0.2, 0.25) is 0 Å². The molecule has 1 saturated heterocycles. The number of methoxy groups -OCH3 is 1. The number of nitrogens with one attached hydrogen (secondary N) is 1. The van der Waals surface area contributed by atoms with Gasteiger partial charge in [-0.05, 0) is 18.6 Å². The molecule has 0 amide bonds. The maximum Gasteiger partial charge on any atom is 0.120 e. The maximum absolute atomic E-state index is 5.82. The van der Waals surface area contributed by atoms with Crippen LogP contribution in [0.1, 0.15) is 20.3 Å². The van der Waals surface area contributed by atoms with E-state index in [1.165, 1.54) is 6.42 Å². The lowest BCUT2D eigenvalue weighted by atomic mass is 9.57. The molecule has 2 aliphatic rings. The van der Waals surface area contributed by atoms with Gasteiger partial charge in [0.05, 0.1) is 13.2 Å². The smallest absolute Gasteiger partial charge is 0.120 e. The van der Waals surface area contributed by atoms with Crippen molar-refractivity contribution in [2.45, 2.75) is 32.4 Å². The molecule has 0 bridgehead atoms. The van der Waals surface area contributed by atoms with E-state index < -0.39 is 0 Å². The van der Waals surface area contributed by atoms with Crippen LogP contribution in [0.15, 0.2) is 24.3 Å². The summed E-state index contributed by atoms with van der Waals surface area (Å²) in [5.74, 6) is 1.56. The van der Waals surface area contributed by atoms with Crippen LogP contribution in [0.5, 0.6) is 5.75 Å². The molecule has 98 valence electrons. The van der Waals surface area contributed by atoms with E-state index in [1.807, 2.05) is 12.1 Å². The van der Waals surface area contributed by atoms with Crippen LogP contribution in [0.3, 0.4) is 0 Å². The number of benzene rings is 1. The van der Waals surface area contributed by atoms with Crippen LogP contribution in [0.4, 0.5) is 5.69 Å². The van der Waals surface area contributed by atoms with Gasteiger partial charge in [0, 0.05) is 35.7 Å². The highest BCUT2D eigenvalue weighted by Gasteiger charge is 2.59. The van der Waals surface area contributed by atoms with Crippen LogP contribution in [-0.4, -0.2) is 25.9 Å². The number of hydrogen-bond acceptors (Lipinski definition) is 3. The second-order valence-corrected chi connectivity index (χ2v) is 5.92. The van der Waals surface area contributed by atoms with Crippen molar-refractivity contribution in [2.75, 3.05) is 19.0 Å². The van der Waals surface area contributed by atoms with Crippen LogP contribution in [-0.2, 0) is 4.74 Å². The average Bonchev–Trinajstić information content (AvgIpc) is 2.83. The number of ether oxygens (including phenoxy) is 2.